The van der Waals surface area contributed by atoms with Crippen molar-refractivity contribution >= 4 is 28.4 Å². The maximum atomic E-state index is 13.6. The standard InChI is InChI=1S/C26H31ClN4O2/c1-16(2)28-24(32)15-31-25(19-6-5-7-21(27)12-19)29-23-9-8-18(13-22(23)26(31)33)20-10-17(11-20)14-30(3)4/h5-9,12-13,16-17,20H,10-11,14-15H2,1-4H3,(H,28,32)/t17-,20-. The monoisotopic (exact) mass is 466 g/mol. The molecule has 1 fully saturated rings. The molecule has 1 saturated carbocycles. The summed E-state index contributed by atoms with van der Waals surface area (Å²) in [6.45, 7) is 4.78. The molecule has 0 spiro atoms. The Balaban J connectivity index is 1.75. The maximum absolute atomic E-state index is 13.6. The third kappa shape index (κ3) is 5.28. The normalized spacial score (nSPS) is 18.0. The molecule has 0 radical (unpaired) electrons. The Labute approximate surface area is 199 Å². The summed E-state index contributed by atoms with van der Waals surface area (Å²) in [7, 11) is 4.20. The summed E-state index contributed by atoms with van der Waals surface area (Å²) in [5.74, 6) is 1.37. The van der Waals surface area contributed by atoms with Gasteiger partial charge < -0.3 is 10.2 Å². The molecule has 1 N–H and O–H groups in total. The Kier molecular flexibility index (Phi) is 6.86. The van der Waals surface area contributed by atoms with Crippen LogP contribution in [0, 0.1) is 5.92 Å². The SMILES string of the molecule is CC(C)NC(=O)Cn1c(-c2cccc(Cl)c2)nc2ccc([C@H]3C[C@H](CN(C)C)C3)cc2c1=O. The maximum Gasteiger partial charge on any atom is 0.262 e. The zero-order valence-corrected chi connectivity index (χ0v) is 20.4. The van der Waals surface area contributed by atoms with E-state index in [1.165, 1.54) is 10.1 Å². The van der Waals surface area contributed by atoms with Crippen molar-refractivity contribution in [1.29, 1.82) is 0 Å². The Hall–Kier alpha value is -2.70. The minimum atomic E-state index is -0.224. The number of hydrogen-bond acceptors (Lipinski definition) is 4. The molecule has 0 aliphatic heterocycles. The lowest BCUT2D eigenvalue weighted by Crippen LogP contribution is -2.37. The molecule has 33 heavy (non-hydrogen) atoms. The van der Waals surface area contributed by atoms with Gasteiger partial charge in [-0.3, -0.25) is 14.2 Å². The molecule has 3 aromatic rings. The molecule has 1 aliphatic carbocycles. The molecule has 174 valence electrons. The van der Waals surface area contributed by atoms with Crippen LogP contribution in [0.3, 0.4) is 0 Å². The Morgan fingerprint density at radius 3 is 2.64 bits per heavy atom. The highest BCUT2D eigenvalue weighted by atomic mass is 35.5. The first-order valence-electron chi connectivity index (χ1n) is 11.5. The molecule has 0 bridgehead atoms. The number of fused-ring (bicyclic) bond motifs is 1. The number of rotatable bonds is 7. The van der Waals surface area contributed by atoms with Crippen molar-refractivity contribution in [3.8, 4) is 11.4 Å². The molecule has 0 atom stereocenters. The van der Waals surface area contributed by atoms with Gasteiger partial charge in [-0.25, -0.2) is 4.98 Å². The first kappa shape index (κ1) is 23.5. The van der Waals surface area contributed by atoms with Gasteiger partial charge in [0.25, 0.3) is 5.56 Å². The van der Waals surface area contributed by atoms with Crippen molar-refractivity contribution in [2.45, 2.75) is 45.2 Å². The molecule has 1 heterocycles. The minimum Gasteiger partial charge on any atom is -0.352 e. The van der Waals surface area contributed by atoms with Gasteiger partial charge in [-0.05, 0) is 82.4 Å². The second-order valence-electron chi connectivity index (χ2n) is 9.63. The van der Waals surface area contributed by atoms with E-state index in [1.54, 1.807) is 12.1 Å². The van der Waals surface area contributed by atoms with Gasteiger partial charge in [-0.2, -0.15) is 0 Å². The highest BCUT2D eigenvalue weighted by Crippen LogP contribution is 2.42. The molecule has 6 nitrogen and oxygen atoms in total. The number of halogens is 1. The van der Waals surface area contributed by atoms with Crippen molar-refractivity contribution in [2.75, 3.05) is 20.6 Å². The fourth-order valence-electron chi connectivity index (χ4n) is 4.67. The van der Waals surface area contributed by atoms with Gasteiger partial charge in [0.05, 0.1) is 10.9 Å². The van der Waals surface area contributed by atoms with E-state index in [4.69, 9.17) is 16.6 Å². The van der Waals surface area contributed by atoms with E-state index in [1.807, 2.05) is 38.1 Å². The highest BCUT2D eigenvalue weighted by Gasteiger charge is 2.31. The Morgan fingerprint density at radius 1 is 1.21 bits per heavy atom. The van der Waals surface area contributed by atoms with Gasteiger partial charge >= 0.3 is 0 Å². The summed E-state index contributed by atoms with van der Waals surface area (Å²) in [5.41, 5.74) is 2.29. The summed E-state index contributed by atoms with van der Waals surface area (Å²) in [5, 5.41) is 3.96. The van der Waals surface area contributed by atoms with Gasteiger partial charge in [0.2, 0.25) is 5.91 Å². The highest BCUT2D eigenvalue weighted by molar-refractivity contribution is 6.30. The number of nitrogens with one attached hydrogen (secondary N) is 1. The zero-order chi connectivity index (χ0) is 23.7. The molecular formula is C26H31ClN4O2. The summed E-state index contributed by atoms with van der Waals surface area (Å²) >= 11 is 6.20. The summed E-state index contributed by atoms with van der Waals surface area (Å²) in [6.07, 6.45) is 2.26. The number of amides is 1. The largest absolute Gasteiger partial charge is 0.352 e. The van der Waals surface area contributed by atoms with Gasteiger partial charge in [-0.15, -0.1) is 0 Å². The molecule has 0 saturated heterocycles. The van der Waals surface area contributed by atoms with Crippen LogP contribution in [0.25, 0.3) is 22.3 Å². The van der Waals surface area contributed by atoms with E-state index in [-0.39, 0.29) is 24.1 Å². The van der Waals surface area contributed by atoms with Crippen molar-refractivity contribution in [3.63, 3.8) is 0 Å². The fraction of sp³-hybridized carbons (Fsp3) is 0.423. The van der Waals surface area contributed by atoms with E-state index in [9.17, 15) is 9.59 Å². The second kappa shape index (κ2) is 9.65. The molecule has 1 aliphatic rings. The predicted molar refractivity (Wildman–Crippen MR) is 134 cm³/mol. The van der Waals surface area contributed by atoms with Crippen LogP contribution in [-0.2, 0) is 11.3 Å². The topological polar surface area (TPSA) is 67.2 Å². The van der Waals surface area contributed by atoms with Crippen LogP contribution in [0.2, 0.25) is 5.02 Å². The van der Waals surface area contributed by atoms with Gasteiger partial charge in [-0.1, -0.05) is 29.8 Å². The fourth-order valence-corrected chi connectivity index (χ4v) is 4.86. The first-order chi connectivity index (χ1) is 15.7. The molecule has 0 unspecified atom stereocenters. The van der Waals surface area contributed by atoms with Crippen LogP contribution in [0.5, 0.6) is 0 Å². The smallest absolute Gasteiger partial charge is 0.262 e. The van der Waals surface area contributed by atoms with E-state index in [2.05, 4.69) is 30.4 Å². The third-order valence-corrected chi connectivity index (χ3v) is 6.38. The van der Waals surface area contributed by atoms with Crippen LogP contribution in [0.1, 0.15) is 38.2 Å². The summed E-state index contributed by atoms with van der Waals surface area (Å²) < 4.78 is 1.46. The van der Waals surface area contributed by atoms with Crippen LogP contribution in [0.15, 0.2) is 47.3 Å². The number of carbonyl (C=O) groups excluding carboxylic acids is 1. The van der Waals surface area contributed by atoms with Gasteiger partial charge in [0, 0.05) is 23.2 Å². The molecule has 2 aromatic carbocycles. The molecule has 4 rings (SSSR count). The number of carbonyl (C=O) groups is 1. The number of benzene rings is 2. The third-order valence-electron chi connectivity index (χ3n) is 6.14. The number of aromatic nitrogens is 2. The summed E-state index contributed by atoms with van der Waals surface area (Å²) in [4.78, 5) is 33.2. The first-order valence-corrected chi connectivity index (χ1v) is 11.8. The van der Waals surface area contributed by atoms with Crippen LogP contribution in [-0.4, -0.2) is 47.0 Å². The second-order valence-corrected chi connectivity index (χ2v) is 10.1. The molecule has 1 amide bonds. The lowest BCUT2D eigenvalue weighted by Gasteiger charge is -2.37. The van der Waals surface area contributed by atoms with Crippen LogP contribution in [0.4, 0.5) is 0 Å². The van der Waals surface area contributed by atoms with E-state index < -0.39 is 0 Å². The van der Waals surface area contributed by atoms with E-state index >= 15 is 0 Å². The van der Waals surface area contributed by atoms with E-state index in [0.29, 0.717) is 39.1 Å². The minimum absolute atomic E-state index is 0.0171. The average molecular weight is 467 g/mol. The van der Waals surface area contributed by atoms with Crippen molar-refractivity contribution < 1.29 is 4.79 Å². The van der Waals surface area contributed by atoms with Crippen molar-refractivity contribution in [3.05, 3.63) is 63.4 Å². The number of hydrogen-bond donors (Lipinski definition) is 1. The lowest BCUT2D eigenvalue weighted by atomic mass is 9.71. The van der Waals surface area contributed by atoms with Gasteiger partial charge in [0.15, 0.2) is 0 Å². The molecule has 1 aromatic heterocycles. The van der Waals surface area contributed by atoms with Crippen LogP contribution >= 0.6 is 11.6 Å². The van der Waals surface area contributed by atoms with Gasteiger partial charge in [0.1, 0.15) is 12.4 Å². The van der Waals surface area contributed by atoms with Crippen molar-refractivity contribution in [1.82, 2.24) is 19.8 Å². The quantitative estimate of drug-likeness (QED) is 0.563. The van der Waals surface area contributed by atoms with Crippen molar-refractivity contribution in [2.24, 2.45) is 5.92 Å². The number of nitrogens with zero attached hydrogens (tertiary/aromatic N) is 3. The zero-order valence-electron chi connectivity index (χ0n) is 19.6. The Morgan fingerprint density at radius 2 is 1.97 bits per heavy atom. The summed E-state index contributed by atoms with van der Waals surface area (Å²) in [6, 6.07) is 13.2. The van der Waals surface area contributed by atoms with E-state index in [0.717, 1.165) is 19.4 Å². The molecular weight excluding hydrogens is 436 g/mol. The molecule has 7 heteroatoms. The lowest BCUT2D eigenvalue weighted by molar-refractivity contribution is -0.122. The Bertz CT molecular complexity index is 1230. The predicted octanol–water partition coefficient (Wildman–Crippen LogP) is 4.30. The van der Waals surface area contributed by atoms with Crippen LogP contribution < -0.4 is 10.9 Å². The average Bonchev–Trinajstić information content (AvgIpc) is 2.71.